The molecule has 2 aliphatic heterocycles. The smallest absolute Gasteiger partial charge is 0.236 e. The predicted molar refractivity (Wildman–Crippen MR) is 74.7 cm³/mol. The largest absolute Gasteiger partial charge is 0.493 e. The number of nitrogens with zero attached hydrogens (tertiary/aromatic N) is 2. The summed E-state index contributed by atoms with van der Waals surface area (Å²) in [6, 6.07) is 3.56. The number of thioether (sulfide) groups is 1. The van der Waals surface area contributed by atoms with Crippen LogP contribution in [-0.2, 0) is 4.79 Å². The molecule has 8 heteroatoms. The molecule has 3 rings (SSSR count). The zero-order valence-corrected chi connectivity index (χ0v) is 11.4. The first-order chi connectivity index (χ1) is 9.76. The maximum absolute atomic E-state index is 11.0. The van der Waals surface area contributed by atoms with Crippen LogP contribution in [0.1, 0.15) is 5.56 Å². The predicted octanol–water partition coefficient (Wildman–Crippen LogP) is 0.977. The average molecular weight is 293 g/mol. The van der Waals surface area contributed by atoms with E-state index in [2.05, 4.69) is 15.5 Å². The van der Waals surface area contributed by atoms with Gasteiger partial charge in [-0.25, -0.2) is 0 Å². The van der Waals surface area contributed by atoms with Crippen LogP contribution in [0.15, 0.2) is 22.3 Å². The minimum atomic E-state index is -0.0614. The Balaban J connectivity index is 1.79. The van der Waals surface area contributed by atoms with Crippen molar-refractivity contribution in [1.29, 1.82) is 0 Å². The molecule has 2 heterocycles. The molecule has 0 unspecified atom stereocenters. The fourth-order valence-corrected chi connectivity index (χ4v) is 2.38. The standard InChI is InChI=1S/C12H11N3O4S/c1-17-8-2-7(3-9-11(8)19-6-18-9)4-13-15-12-14-10(16)5-20-12/h2-4H,5-6H2,1H3,(H,14,15,16). The molecule has 0 atom stereocenters. The van der Waals surface area contributed by atoms with Crippen LogP contribution in [0.2, 0.25) is 0 Å². The Labute approximate surface area is 119 Å². The molecule has 7 nitrogen and oxygen atoms in total. The van der Waals surface area contributed by atoms with E-state index < -0.39 is 0 Å². The second-order valence-electron chi connectivity index (χ2n) is 3.94. The highest BCUT2D eigenvalue weighted by Crippen LogP contribution is 2.41. The van der Waals surface area contributed by atoms with Gasteiger partial charge >= 0.3 is 0 Å². The van der Waals surface area contributed by atoms with Gasteiger partial charge < -0.3 is 19.5 Å². The van der Waals surface area contributed by atoms with Crippen molar-refractivity contribution in [3.8, 4) is 17.2 Å². The summed E-state index contributed by atoms with van der Waals surface area (Å²) in [4.78, 5) is 11.0. The molecular formula is C12H11N3O4S. The highest BCUT2D eigenvalue weighted by atomic mass is 32.2. The third-order valence-corrected chi connectivity index (χ3v) is 3.49. The minimum Gasteiger partial charge on any atom is -0.493 e. The second-order valence-corrected chi connectivity index (χ2v) is 4.91. The first-order valence-corrected chi connectivity index (χ1v) is 6.76. The lowest BCUT2D eigenvalue weighted by molar-refractivity contribution is -0.116. The minimum absolute atomic E-state index is 0.0614. The van der Waals surface area contributed by atoms with Crippen LogP contribution in [0.3, 0.4) is 0 Å². The van der Waals surface area contributed by atoms with E-state index in [-0.39, 0.29) is 12.7 Å². The molecule has 0 spiro atoms. The van der Waals surface area contributed by atoms with Crippen LogP contribution in [0.25, 0.3) is 0 Å². The topological polar surface area (TPSA) is 81.5 Å². The number of carbonyl (C=O) groups is 1. The highest BCUT2D eigenvalue weighted by Gasteiger charge is 2.19. The first kappa shape index (κ1) is 12.8. The summed E-state index contributed by atoms with van der Waals surface area (Å²) in [6.45, 7) is 0.178. The number of ether oxygens (including phenoxy) is 3. The van der Waals surface area contributed by atoms with Crippen LogP contribution >= 0.6 is 11.8 Å². The van der Waals surface area contributed by atoms with Crippen LogP contribution in [0.4, 0.5) is 0 Å². The first-order valence-electron chi connectivity index (χ1n) is 5.77. The van der Waals surface area contributed by atoms with Crippen molar-refractivity contribution < 1.29 is 19.0 Å². The Kier molecular flexibility index (Phi) is 3.46. The monoisotopic (exact) mass is 293 g/mol. The summed E-state index contributed by atoms with van der Waals surface area (Å²) in [6.07, 6.45) is 1.56. The number of fused-ring (bicyclic) bond motifs is 1. The van der Waals surface area contributed by atoms with E-state index in [0.717, 1.165) is 5.56 Å². The highest BCUT2D eigenvalue weighted by molar-refractivity contribution is 8.15. The number of benzene rings is 1. The summed E-state index contributed by atoms with van der Waals surface area (Å²) in [7, 11) is 1.56. The maximum atomic E-state index is 11.0. The number of carbonyl (C=O) groups excluding carboxylic acids is 1. The molecule has 2 aliphatic rings. The number of nitrogens with one attached hydrogen (secondary N) is 1. The van der Waals surface area contributed by atoms with Crippen LogP contribution in [0.5, 0.6) is 17.2 Å². The van der Waals surface area contributed by atoms with Gasteiger partial charge in [0.25, 0.3) is 0 Å². The number of amides is 1. The van der Waals surface area contributed by atoms with Crippen LogP contribution < -0.4 is 19.5 Å². The SMILES string of the molecule is COc1cc(C=NN=C2NC(=O)CS2)cc2c1OCO2. The van der Waals surface area contributed by atoms with Crippen molar-refractivity contribution in [2.24, 2.45) is 10.2 Å². The summed E-state index contributed by atoms with van der Waals surface area (Å²) in [5.74, 6) is 2.11. The average Bonchev–Trinajstić information content (AvgIpc) is 3.06. The molecule has 0 saturated carbocycles. The van der Waals surface area contributed by atoms with Gasteiger partial charge in [0.1, 0.15) is 0 Å². The van der Waals surface area contributed by atoms with Gasteiger partial charge in [-0.05, 0) is 12.1 Å². The molecule has 20 heavy (non-hydrogen) atoms. The van der Waals surface area contributed by atoms with Crippen molar-refractivity contribution in [2.45, 2.75) is 0 Å². The van der Waals surface area contributed by atoms with Gasteiger partial charge in [0.05, 0.1) is 19.1 Å². The summed E-state index contributed by atoms with van der Waals surface area (Å²) in [5.41, 5.74) is 0.768. The summed E-state index contributed by atoms with van der Waals surface area (Å²) >= 11 is 1.32. The van der Waals surface area contributed by atoms with Gasteiger partial charge in [-0.1, -0.05) is 11.8 Å². The fourth-order valence-electron chi connectivity index (χ4n) is 1.75. The Bertz CT molecular complexity index is 615. The third-order valence-electron chi connectivity index (χ3n) is 2.62. The van der Waals surface area contributed by atoms with Gasteiger partial charge in [-0.15, -0.1) is 5.10 Å². The Morgan fingerprint density at radius 1 is 1.45 bits per heavy atom. The van der Waals surface area contributed by atoms with Crippen molar-refractivity contribution in [3.63, 3.8) is 0 Å². The molecule has 0 radical (unpaired) electrons. The van der Waals surface area contributed by atoms with E-state index in [1.54, 1.807) is 25.5 Å². The molecule has 0 bridgehead atoms. The normalized spacial score (nSPS) is 18.9. The maximum Gasteiger partial charge on any atom is 0.236 e. The Hall–Kier alpha value is -2.22. The van der Waals surface area contributed by atoms with Gasteiger partial charge in [0.2, 0.25) is 18.4 Å². The second kappa shape index (κ2) is 5.41. The van der Waals surface area contributed by atoms with Gasteiger partial charge in [0, 0.05) is 5.56 Å². The number of amidine groups is 1. The van der Waals surface area contributed by atoms with Crippen molar-refractivity contribution >= 4 is 29.1 Å². The third kappa shape index (κ3) is 2.55. The van der Waals surface area contributed by atoms with E-state index in [9.17, 15) is 4.79 Å². The molecule has 0 aliphatic carbocycles. The van der Waals surface area contributed by atoms with E-state index in [0.29, 0.717) is 28.2 Å². The fraction of sp³-hybridized carbons (Fsp3) is 0.250. The number of hydrogen-bond acceptors (Lipinski definition) is 7. The molecule has 104 valence electrons. The Morgan fingerprint density at radius 3 is 3.10 bits per heavy atom. The lowest BCUT2D eigenvalue weighted by Gasteiger charge is -2.05. The van der Waals surface area contributed by atoms with Crippen LogP contribution in [-0.4, -0.2) is 36.9 Å². The molecule has 1 fully saturated rings. The molecule has 1 aromatic rings. The van der Waals surface area contributed by atoms with Gasteiger partial charge in [0.15, 0.2) is 16.7 Å². The quantitative estimate of drug-likeness (QED) is 0.663. The lowest BCUT2D eigenvalue weighted by Crippen LogP contribution is -2.19. The van der Waals surface area contributed by atoms with E-state index in [1.165, 1.54) is 11.8 Å². The molecule has 0 aromatic heterocycles. The van der Waals surface area contributed by atoms with Gasteiger partial charge in [-0.3, -0.25) is 4.79 Å². The van der Waals surface area contributed by atoms with Crippen LogP contribution in [0, 0.1) is 0 Å². The van der Waals surface area contributed by atoms with E-state index in [1.807, 2.05) is 0 Å². The number of methoxy groups -OCH3 is 1. The van der Waals surface area contributed by atoms with Crippen molar-refractivity contribution in [1.82, 2.24) is 5.32 Å². The van der Waals surface area contributed by atoms with Crippen molar-refractivity contribution in [3.05, 3.63) is 17.7 Å². The van der Waals surface area contributed by atoms with E-state index >= 15 is 0 Å². The van der Waals surface area contributed by atoms with E-state index in [4.69, 9.17) is 14.2 Å². The molecule has 1 amide bonds. The molecule has 1 N–H and O–H groups in total. The molecular weight excluding hydrogens is 282 g/mol. The molecule has 1 aromatic carbocycles. The lowest BCUT2D eigenvalue weighted by atomic mass is 10.2. The number of rotatable bonds is 3. The zero-order chi connectivity index (χ0) is 13.9. The van der Waals surface area contributed by atoms with Crippen molar-refractivity contribution in [2.75, 3.05) is 19.7 Å². The number of hydrogen-bond donors (Lipinski definition) is 1. The zero-order valence-electron chi connectivity index (χ0n) is 10.6. The van der Waals surface area contributed by atoms with Gasteiger partial charge in [-0.2, -0.15) is 5.10 Å². The Morgan fingerprint density at radius 2 is 2.35 bits per heavy atom. The summed E-state index contributed by atoms with van der Waals surface area (Å²) in [5, 5.41) is 11.0. The summed E-state index contributed by atoms with van der Waals surface area (Å²) < 4.78 is 15.8. The molecule has 1 saturated heterocycles.